The molecule has 0 bridgehead atoms. The number of carbonyl (C=O) groups excluding carboxylic acids is 1. The highest BCUT2D eigenvalue weighted by molar-refractivity contribution is 7.91. The van der Waals surface area contributed by atoms with Crippen molar-refractivity contribution in [2.45, 2.75) is 29.9 Å². The van der Waals surface area contributed by atoms with Crippen molar-refractivity contribution < 1.29 is 17.6 Å². The number of rotatable bonds is 3. The minimum Gasteiger partial charge on any atom is -0.341 e. The molecule has 148 valence electrons. The molecular weight excluding hydrogens is 401 g/mol. The molecule has 7 heteroatoms. The highest BCUT2D eigenvalue weighted by Crippen LogP contribution is 2.50. The molecule has 2 aromatic carbocycles. The number of amides is 1. The van der Waals surface area contributed by atoms with Crippen molar-refractivity contribution in [3.05, 3.63) is 70.5 Å². The Bertz CT molecular complexity index is 1000. The first-order valence-corrected chi connectivity index (χ1v) is 11.4. The minimum atomic E-state index is -3.43. The highest BCUT2D eigenvalue weighted by Gasteiger charge is 2.53. The van der Waals surface area contributed by atoms with E-state index >= 15 is 0 Å². The molecule has 1 aliphatic heterocycles. The smallest absolute Gasteiger partial charge is 0.233 e. The molecule has 1 saturated heterocycles. The average Bonchev–Trinajstić information content (AvgIpc) is 3.48. The lowest BCUT2D eigenvalue weighted by atomic mass is 9.94. The summed E-state index contributed by atoms with van der Waals surface area (Å²) in [4.78, 5) is 14.9. The van der Waals surface area contributed by atoms with Crippen LogP contribution >= 0.6 is 11.6 Å². The topological polar surface area (TPSA) is 54.5 Å². The van der Waals surface area contributed by atoms with Crippen LogP contribution in [0.2, 0.25) is 5.02 Å². The maximum absolute atomic E-state index is 13.3. The van der Waals surface area contributed by atoms with Crippen LogP contribution in [-0.4, -0.2) is 38.1 Å². The zero-order valence-electron chi connectivity index (χ0n) is 15.3. The molecule has 1 saturated carbocycles. The van der Waals surface area contributed by atoms with Gasteiger partial charge < -0.3 is 4.90 Å². The van der Waals surface area contributed by atoms with Gasteiger partial charge in [0.2, 0.25) is 5.91 Å². The second-order valence-electron chi connectivity index (χ2n) is 7.55. The van der Waals surface area contributed by atoms with Crippen molar-refractivity contribution in [3.8, 4) is 0 Å². The molecule has 0 aromatic heterocycles. The van der Waals surface area contributed by atoms with E-state index in [0.29, 0.717) is 36.4 Å². The Morgan fingerprint density at radius 3 is 2.39 bits per heavy atom. The van der Waals surface area contributed by atoms with Gasteiger partial charge in [0.05, 0.1) is 16.4 Å². The van der Waals surface area contributed by atoms with Gasteiger partial charge >= 0.3 is 0 Å². The van der Waals surface area contributed by atoms with Gasteiger partial charge in [0.1, 0.15) is 5.82 Å². The summed E-state index contributed by atoms with van der Waals surface area (Å²) in [5.74, 6) is -0.488. The van der Waals surface area contributed by atoms with E-state index in [-0.39, 0.29) is 24.0 Å². The summed E-state index contributed by atoms with van der Waals surface area (Å²) in [5.41, 5.74) is 0.758. The van der Waals surface area contributed by atoms with Crippen molar-refractivity contribution in [1.29, 1.82) is 0 Å². The number of carbonyl (C=O) groups is 1. The quantitative estimate of drug-likeness (QED) is 0.755. The van der Waals surface area contributed by atoms with Crippen LogP contribution in [0.15, 0.2) is 48.5 Å². The molecule has 2 fully saturated rings. The van der Waals surface area contributed by atoms with Crippen molar-refractivity contribution in [1.82, 2.24) is 4.90 Å². The first-order chi connectivity index (χ1) is 13.3. The lowest BCUT2D eigenvalue weighted by Gasteiger charge is -2.26. The standard InChI is InChI=1S/C21H21ClFNO3S/c22-18-4-2-1-3-17(18)19-9-12-24(13-14-28(19,26)27)20(25)21(10-11-21)15-5-7-16(23)8-6-15/h1-8,19H,9-14H2. The van der Waals surface area contributed by atoms with E-state index in [2.05, 4.69) is 0 Å². The molecular formula is C21H21ClFNO3S. The second-order valence-corrected chi connectivity index (χ2v) is 10.3. The number of halogens is 2. The van der Waals surface area contributed by atoms with Gasteiger partial charge in [0, 0.05) is 18.1 Å². The predicted octanol–water partition coefficient (Wildman–Crippen LogP) is 3.90. The van der Waals surface area contributed by atoms with Crippen LogP contribution in [0, 0.1) is 5.82 Å². The van der Waals surface area contributed by atoms with E-state index in [1.807, 2.05) is 0 Å². The summed E-state index contributed by atoms with van der Waals surface area (Å²) in [7, 11) is -3.43. The van der Waals surface area contributed by atoms with Crippen LogP contribution in [0.5, 0.6) is 0 Å². The summed E-state index contributed by atoms with van der Waals surface area (Å²) in [6.45, 7) is 0.530. The summed E-state index contributed by atoms with van der Waals surface area (Å²) in [6, 6.07) is 13.0. The van der Waals surface area contributed by atoms with Crippen LogP contribution in [-0.2, 0) is 20.0 Å². The van der Waals surface area contributed by atoms with Crippen molar-refractivity contribution in [3.63, 3.8) is 0 Å². The molecule has 4 nitrogen and oxygen atoms in total. The van der Waals surface area contributed by atoms with Crippen molar-refractivity contribution in [2.75, 3.05) is 18.8 Å². The fourth-order valence-electron chi connectivity index (χ4n) is 4.06. The van der Waals surface area contributed by atoms with E-state index in [4.69, 9.17) is 11.6 Å². The third kappa shape index (κ3) is 3.44. The fraction of sp³-hybridized carbons (Fsp3) is 0.381. The molecule has 1 unspecified atom stereocenters. The third-order valence-corrected chi connectivity index (χ3v) is 8.29. The lowest BCUT2D eigenvalue weighted by molar-refractivity contribution is -0.133. The Kier molecular flexibility index (Phi) is 4.96. The normalized spacial score (nSPS) is 23.1. The molecule has 0 radical (unpaired) electrons. The van der Waals surface area contributed by atoms with Crippen LogP contribution in [0.1, 0.15) is 35.6 Å². The number of sulfone groups is 1. The number of nitrogens with zero attached hydrogens (tertiary/aromatic N) is 1. The largest absolute Gasteiger partial charge is 0.341 e. The number of hydrogen-bond donors (Lipinski definition) is 0. The molecule has 1 atom stereocenters. The van der Waals surface area contributed by atoms with Crippen LogP contribution < -0.4 is 0 Å². The van der Waals surface area contributed by atoms with Gasteiger partial charge in [-0.1, -0.05) is 41.9 Å². The summed E-state index contributed by atoms with van der Waals surface area (Å²) in [6.07, 6.45) is 1.72. The molecule has 28 heavy (non-hydrogen) atoms. The Balaban J connectivity index is 1.57. The number of hydrogen-bond acceptors (Lipinski definition) is 3. The molecule has 0 N–H and O–H groups in total. The maximum Gasteiger partial charge on any atom is 0.233 e. The molecule has 1 amide bonds. The zero-order chi connectivity index (χ0) is 19.9. The Hall–Kier alpha value is -1.92. The molecule has 4 rings (SSSR count). The third-order valence-electron chi connectivity index (χ3n) is 5.84. The van der Waals surface area contributed by atoms with Gasteiger partial charge in [-0.3, -0.25) is 4.79 Å². The van der Waals surface area contributed by atoms with E-state index < -0.39 is 20.5 Å². The van der Waals surface area contributed by atoms with E-state index in [1.165, 1.54) is 12.1 Å². The highest BCUT2D eigenvalue weighted by atomic mass is 35.5. The van der Waals surface area contributed by atoms with E-state index in [0.717, 1.165) is 5.56 Å². The monoisotopic (exact) mass is 421 g/mol. The fourth-order valence-corrected chi connectivity index (χ4v) is 6.20. The van der Waals surface area contributed by atoms with Gasteiger partial charge in [-0.25, -0.2) is 12.8 Å². The average molecular weight is 422 g/mol. The van der Waals surface area contributed by atoms with Crippen LogP contribution in [0.4, 0.5) is 4.39 Å². The Morgan fingerprint density at radius 1 is 1.07 bits per heavy atom. The number of benzene rings is 2. The van der Waals surface area contributed by atoms with Crippen molar-refractivity contribution in [2.24, 2.45) is 0 Å². The lowest BCUT2D eigenvalue weighted by Crippen LogP contribution is -2.41. The van der Waals surface area contributed by atoms with Crippen molar-refractivity contribution >= 4 is 27.3 Å². The first kappa shape index (κ1) is 19.4. The van der Waals surface area contributed by atoms with Crippen LogP contribution in [0.25, 0.3) is 0 Å². The summed E-state index contributed by atoms with van der Waals surface area (Å²) < 4.78 is 39.0. The first-order valence-electron chi connectivity index (χ1n) is 9.35. The van der Waals surface area contributed by atoms with E-state index in [1.54, 1.807) is 41.3 Å². The Morgan fingerprint density at radius 2 is 1.75 bits per heavy atom. The molecule has 2 aromatic rings. The predicted molar refractivity (Wildman–Crippen MR) is 106 cm³/mol. The minimum absolute atomic E-state index is 0.0610. The molecule has 1 heterocycles. The van der Waals surface area contributed by atoms with Gasteiger partial charge in [-0.15, -0.1) is 0 Å². The van der Waals surface area contributed by atoms with E-state index in [9.17, 15) is 17.6 Å². The molecule has 2 aliphatic rings. The van der Waals surface area contributed by atoms with Gasteiger partial charge in [-0.2, -0.15) is 0 Å². The van der Waals surface area contributed by atoms with Gasteiger partial charge in [0.25, 0.3) is 0 Å². The SMILES string of the molecule is O=C(N1CCC(c2ccccc2Cl)S(=O)(=O)CC1)C1(c2ccc(F)cc2)CC1. The summed E-state index contributed by atoms with van der Waals surface area (Å²) >= 11 is 6.24. The summed E-state index contributed by atoms with van der Waals surface area (Å²) in [5, 5.41) is -0.277. The zero-order valence-corrected chi connectivity index (χ0v) is 16.8. The van der Waals surface area contributed by atoms with Gasteiger partial charge in [0.15, 0.2) is 9.84 Å². The Labute approximate surface area is 169 Å². The van der Waals surface area contributed by atoms with Crippen LogP contribution in [0.3, 0.4) is 0 Å². The maximum atomic E-state index is 13.3. The molecule has 1 aliphatic carbocycles. The molecule has 0 spiro atoms. The van der Waals surface area contributed by atoms with Gasteiger partial charge in [-0.05, 0) is 48.6 Å². The second kappa shape index (κ2) is 7.16.